The van der Waals surface area contributed by atoms with Gasteiger partial charge in [0, 0.05) is 12.0 Å². The number of ether oxygens (including phenoxy) is 1. The molecule has 0 fully saturated rings. The van der Waals surface area contributed by atoms with E-state index in [4.69, 9.17) is 9.84 Å². The number of carboxylic acid groups (broad SMARTS) is 1. The first-order valence-electron chi connectivity index (χ1n) is 5.26. The first-order chi connectivity index (χ1) is 8.06. The molecule has 0 spiro atoms. The Balaban J connectivity index is 2.77. The SMILES string of the molecule is C=C(CCC(=O)O)C(O)c1ccccc1OC. The number of aliphatic hydroxyl groups is 1. The quantitative estimate of drug-likeness (QED) is 0.743. The van der Waals surface area contributed by atoms with Gasteiger partial charge in [-0.05, 0) is 18.1 Å². The highest BCUT2D eigenvalue weighted by Gasteiger charge is 2.16. The highest BCUT2D eigenvalue weighted by Crippen LogP contribution is 2.30. The van der Waals surface area contributed by atoms with E-state index < -0.39 is 12.1 Å². The van der Waals surface area contributed by atoms with Crippen LogP contribution in [0.25, 0.3) is 0 Å². The van der Waals surface area contributed by atoms with E-state index in [1.54, 1.807) is 24.3 Å². The molecule has 0 radical (unpaired) electrons. The first-order valence-corrected chi connectivity index (χ1v) is 5.26. The molecule has 0 amide bonds. The number of hydrogen-bond donors (Lipinski definition) is 2. The summed E-state index contributed by atoms with van der Waals surface area (Å²) in [5.74, 6) is -0.338. The molecule has 0 bridgehead atoms. The highest BCUT2D eigenvalue weighted by molar-refractivity contribution is 5.67. The summed E-state index contributed by atoms with van der Waals surface area (Å²) < 4.78 is 5.12. The number of carbonyl (C=O) groups is 1. The van der Waals surface area contributed by atoms with Gasteiger partial charge in [-0.25, -0.2) is 0 Å². The number of aliphatic hydroxyl groups excluding tert-OH is 1. The molecule has 1 aromatic rings. The van der Waals surface area contributed by atoms with E-state index in [1.165, 1.54) is 7.11 Å². The van der Waals surface area contributed by atoms with Crippen molar-refractivity contribution in [3.8, 4) is 5.75 Å². The van der Waals surface area contributed by atoms with Gasteiger partial charge in [-0.1, -0.05) is 24.8 Å². The monoisotopic (exact) mass is 236 g/mol. The Hall–Kier alpha value is -1.81. The van der Waals surface area contributed by atoms with E-state index >= 15 is 0 Å². The molecule has 0 saturated heterocycles. The fourth-order valence-electron chi connectivity index (χ4n) is 1.52. The van der Waals surface area contributed by atoms with Gasteiger partial charge in [0.1, 0.15) is 11.9 Å². The summed E-state index contributed by atoms with van der Waals surface area (Å²) in [4.78, 5) is 10.4. The third-order valence-corrected chi connectivity index (χ3v) is 2.48. The van der Waals surface area contributed by atoms with Crippen LogP contribution in [0.3, 0.4) is 0 Å². The smallest absolute Gasteiger partial charge is 0.303 e. The van der Waals surface area contributed by atoms with Gasteiger partial charge in [-0.2, -0.15) is 0 Å². The van der Waals surface area contributed by atoms with Crippen molar-refractivity contribution in [1.82, 2.24) is 0 Å². The van der Waals surface area contributed by atoms with Crippen LogP contribution < -0.4 is 4.74 Å². The van der Waals surface area contributed by atoms with Gasteiger partial charge in [0.25, 0.3) is 0 Å². The van der Waals surface area contributed by atoms with Crippen LogP contribution in [-0.2, 0) is 4.79 Å². The Morgan fingerprint density at radius 2 is 2.06 bits per heavy atom. The second kappa shape index (κ2) is 6.06. The molecule has 0 aromatic heterocycles. The average Bonchev–Trinajstić information content (AvgIpc) is 2.34. The maximum absolute atomic E-state index is 10.4. The number of hydrogen-bond acceptors (Lipinski definition) is 3. The lowest BCUT2D eigenvalue weighted by atomic mass is 9.98. The van der Waals surface area contributed by atoms with E-state index in [-0.39, 0.29) is 12.8 Å². The summed E-state index contributed by atoms with van der Waals surface area (Å²) in [5.41, 5.74) is 1.07. The minimum Gasteiger partial charge on any atom is -0.496 e. The van der Waals surface area contributed by atoms with Crippen molar-refractivity contribution >= 4 is 5.97 Å². The molecule has 0 aliphatic carbocycles. The van der Waals surface area contributed by atoms with Crippen LogP contribution in [0.4, 0.5) is 0 Å². The van der Waals surface area contributed by atoms with Crippen molar-refractivity contribution in [3.63, 3.8) is 0 Å². The van der Waals surface area contributed by atoms with Crippen LogP contribution in [0, 0.1) is 0 Å². The van der Waals surface area contributed by atoms with Crippen molar-refractivity contribution in [2.45, 2.75) is 18.9 Å². The number of rotatable bonds is 6. The van der Waals surface area contributed by atoms with Crippen molar-refractivity contribution < 1.29 is 19.7 Å². The lowest BCUT2D eigenvalue weighted by molar-refractivity contribution is -0.137. The zero-order valence-electron chi connectivity index (χ0n) is 9.72. The molecular formula is C13H16O4. The Labute approximate surface area is 100 Å². The largest absolute Gasteiger partial charge is 0.496 e. The van der Waals surface area contributed by atoms with Gasteiger partial charge < -0.3 is 14.9 Å². The minimum atomic E-state index is -0.904. The second-order valence-electron chi connectivity index (χ2n) is 3.70. The summed E-state index contributed by atoms with van der Waals surface area (Å²) in [5, 5.41) is 18.6. The number of carboxylic acids is 1. The van der Waals surface area contributed by atoms with Crippen molar-refractivity contribution in [2.24, 2.45) is 0 Å². The van der Waals surface area contributed by atoms with Crippen molar-refractivity contribution in [3.05, 3.63) is 42.0 Å². The van der Waals surface area contributed by atoms with E-state index in [0.717, 1.165) is 0 Å². The molecule has 4 heteroatoms. The maximum atomic E-state index is 10.4. The van der Waals surface area contributed by atoms with Crippen LogP contribution in [0.5, 0.6) is 5.75 Å². The fraction of sp³-hybridized carbons (Fsp3) is 0.308. The Bertz CT molecular complexity index is 412. The standard InChI is InChI=1S/C13H16O4/c1-9(7-8-12(14)15)13(16)10-5-3-4-6-11(10)17-2/h3-6,13,16H,1,7-8H2,2H3,(H,14,15). The van der Waals surface area contributed by atoms with Crippen molar-refractivity contribution in [1.29, 1.82) is 0 Å². The van der Waals surface area contributed by atoms with E-state index in [0.29, 0.717) is 16.9 Å². The van der Waals surface area contributed by atoms with Gasteiger partial charge in [-0.3, -0.25) is 4.79 Å². The molecule has 92 valence electrons. The zero-order valence-corrected chi connectivity index (χ0v) is 9.72. The lowest BCUT2D eigenvalue weighted by Gasteiger charge is -2.16. The molecule has 1 atom stereocenters. The summed E-state index contributed by atoms with van der Waals surface area (Å²) >= 11 is 0. The van der Waals surface area contributed by atoms with Crippen LogP contribution in [0.1, 0.15) is 24.5 Å². The van der Waals surface area contributed by atoms with Crippen LogP contribution in [0.2, 0.25) is 0 Å². The van der Waals surface area contributed by atoms with E-state index in [1.807, 2.05) is 0 Å². The van der Waals surface area contributed by atoms with Crippen LogP contribution in [0.15, 0.2) is 36.4 Å². The Kier molecular flexibility index (Phi) is 4.72. The van der Waals surface area contributed by atoms with Gasteiger partial charge in [-0.15, -0.1) is 0 Å². The molecule has 0 saturated carbocycles. The molecule has 0 aliphatic rings. The third kappa shape index (κ3) is 3.60. The van der Waals surface area contributed by atoms with E-state index in [2.05, 4.69) is 6.58 Å². The predicted octanol–water partition coefficient (Wildman–Crippen LogP) is 2.15. The normalized spacial score (nSPS) is 11.9. The topological polar surface area (TPSA) is 66.8 Å². The predicted molar refractivity (Wildman–Crippen MR) is 64.0 cm³/mol. The van der Waals surface area contributed by atoms with Crippen LogP contribution >= 0.6 is 0 Å². The summed E-state index contributed by atoms with van der Waals surface area (Å²) in [7, 11) is 1.52. The van der Waals surface area contributed by atoms with Gasteiger partial charge in [0.15, 0.2) is 0 Å². The highest BCUT2D eigenvalue weighted by atomic mass is 16.5. The fourth-order valence-corrected chi connectivity index (χ4v) is 1.52. The summed E-state index contributed by atoms with van der Waals surface area (Å²) in [6.07, 6.45) is -0.690. The molecule has 2 N–H and O–H groups in total. The van der Waals surface area contributed by atoms with Gasteiger partial charge in [0.05, 0.1) is 7.11 Å². The molecule has 1 rings (SSSR count). The minimum absolute atomic E-state index is 0.0367. The third-order valence-electron chi connectivity index (χ3n) is 2.48. The molecule has 0 aliphatic heterocycles. The number of para-hydroxylation sites is 1. The number of benzene rings is 1. The number of methoxy groups -OCH3 is 1. The lowest BCUT2D eigenvalue weighted by Crippen LogP contribution is -2.05. The number of aliphatic carboxylic acids is 1. The molecule has 17 heavy (non-hydrogen) atoms. The second-order valence-corrected chi connectivity index (χ2v) is 3.70. The molecule has 1 unspecified atom stereocenters. The molecule has 1 aromatic carbocycles. The zero-order chi connectivity index (χ0) is 12.8. The maximum Gasteiger partial charge on any atom is 0.303 e. The first kappa shape index (κ1) is 13.3. The van der Waals surface area contributed by atoms with Gasteiger partial charge in [0.2, 0.25) is 0 Å². The van der Waals surface area contributed by atoms with E-state index in [9.17, 15) is 9.90 Å². The summed E-state index contributed by atoms with van der Waals surface area (Å²) in [6.45, 7) is 3.71. The molecule has 0 heterocycles. The van der Waals surface area contributed by atoms with Crippen molar-refractivity contribution in [2.75, 3.05) is 7.11 Å². The van der Waals surface area contributed by atoms with Gasteiger partial charge >= 0.3 is 5.97 Å². The van der Waals surface area contributed by atoms with Crippen LogP contribution in [-0.4, -0.2) is 23.3 Å². The molecule has 4 nitrogen and oxygen atoms in total. The Morgan fingerprint density at radius 3 is 2.65 bits per heavy atom. The molecular weight excluding hydrogens is 220 g/mol. The Morgan fingerprint density at radius 1 is 1.41 bits per heavy atom. The average molecular weight is 236 g/mol. The summed E-state index contributed by atoms with van der Waals surface area (Å²) in [6, 6.07) is 7.05.